The fraction of sp³-hybridized carbons (Fsp3) is 0.867. The summed E-state index contributed by atoms with van der Waals surface area (Å²) in [7, 11) is 0. The van der Waals surface area contributed by atoms with Crippen LogP contribution in [0, 0.1) is 0 Å². The molecular formula is C15H30. The zero-order valence-corrected chi connectivity index (χ0v) is 10.9. The molecule has 0 aromatic carbocycles. The second-order valence-electron chi connectivity index (χ2n) is 4.52. The largest absolute Gasteiger partial charge is 0.0885 e. The molecule has 15 heavy (non-hydrogen) atoms. The highest BCUT2D eigenvalue weighted by atomic mass is 13.9. The summed E-state index contributed by atoms with van der Waals surface area (Å²) in [5, 5.41) is 0. The van der Waals surface area contributed by atoms with E-state index in [0.29, 0.717) is 0 Å². The van der Waals surface area contributed by atoms with Crippen LogP contribution in [-0.4, -0.2) is 0 Å². The van der Waals surface area contributed by atoms with Crippen LogP contribution < -0.4 is 0 Å². The van der Waals surface area contributed by atoms with Crippen molar-refractivity contribution in [2.24, 2.45) is 0 Å². The molecule has 90 valence electrons. The highest BCUT2D eigenvalue weighted by molar-refractivity contribution is 4.81. The van der Waals surface area contributed by atoms with Crippen LogP contribution in [0.1, 0.15) is 84.5 Å². The van der Waals surface area contributed by atoms with E-state index in [1.165, 1.54) is 70.6 Å². The lowest BCUT2D eigenvalue weighted by Gasteiger charge is -1.96. The minimum atomic E-state index is 1.30. The lowest BCUT2D eigenvalue weighted by atomic mass is 10.1. The minimum Gasteiger partial charge on any atom is -0.0885 e. The van der Waals surface area contributed by atoms with E-state index in [-0.39, 0.29) is 0 Å². The summed E-state index contributed by atoms with van der Waals surface area (Å²) < 4.78 is 0. The van der Waals surface area contributed by atoms with Crippen molar-refractivity contribution < 1.29 is 0 Å². The van der Waals surface area contributed by atoms with Crippen molar-refractivity contribution in [3.8, 4) is 0 Å². The Morgan fingerprint density at radius 3 is 1.40 bits per heavy atom. The van der Waals surface area contributed by atoms with Crippen molar-refractivity contribution >= 4 is 0 Å². The molecular weight excluding hydrogens is 180 g/mol. The van der Waals surface area contributed by atoms with Crippen LogP contribution in [0.25, 0.3) is 0 Å². The molecule has 0 aliphatic rings. The standard InChI is InChI=1S/C15H30/c1-3-5-7-9-11-13-15-14-12-10-8-6-4-2/h13,15H,3-12,14H2,1-2H3. The van der Waals surface area contributed by atoms with Crippen LogP contribution >= 0.6 is 0 Å². The third-order valence-corrected chi connectivity index (χ3v) is 2.87. The lowest BCUT2D eigenvalue weighted by molar-refractivity contribution is 0.636. The Kier molecular flexibility index (Phi) is 13.5. The van der Waals surface area contributed by atoms with E-state index in [0.717, 1.165) is 0 Å². The molecule has 0 radical (unpaired) electrons. The molecule has 0 amide bonds. The van der Waals surface area contributed by atoms with Gasteiger partial charge in [-0.25, -0.2) is 0 Å². The van der Waals surface area contributed by atoms with E-state index < -0.39 is 0 Å². The molecule has 0 unspecified atom stereocenters. The maximum absolute atomic E-state index is 2.39. The topological polar surface area (TPSA) is 0 Å². The highest BCUT2D eigenvalue weighted by Crippen LogP contribution is 2.07. The van der Waals surface area contributed by atoms with Gasteiger partial charge in [0, 0.05) is 0 Å². The molecule has 0 aliphatic carbocycles. The quantitative estimate of drug-likeness (QED) is 0.295. The van der Waals surface area contributed by atoms with Crippen LogP contribution in [0.3, 0.4) is 0 Å². The first kappa shape index (κ1) is 14.7. The minimum absolute atomic E-state index is 1.30. The maximum Gasteiger partial charge on any atom is -0.0351 e. The number of hydrogen-bond acceptors (Lipinski definition) is 0. The van der Waals surface area contributed by atoms with Crippen LogP contribution in [0.15, 0.2) is 12.2 Å². The molecule has 0 N–H and O–H groups in total. The van der Waals surface area contributed by atoms with E-state index >= 15 is 0 Å². The molecule has 0 nitrogen and oxygen atoms in total. The van der Waals surface area contributed by atoms with Crippen molar-refractivity contribution in [2.75, 3.05) is 0 Å². The van der Waals surface area contributed by atoms with Gasteiger partial charge >= 0.3 is 0 Å². The Labute approximate surface area is 97.2 Å². The average Bonchev–Trinajstić information content (AvgIpc) is 2.26. The van der Waals surface area contributed by atoms with E-state index in [2.05, 4.69) is 26.0 Å². The van der Waals surface area contributed by atoms with Gasteiger partial charge in [0.2, 0.25) is 0 Å². The van der Waals surface area contributed by atoms with E-state index in [1.807, 2.05) is 0 Å². The second-order valence-corrected chi connectivity index (χ2v) is 4.52. The van der Waals surface area contributed by atoms with Gasteiger partial charge in [-0.3, -0.25) is 0 Å². The fourth-order valence-corrected chi connectivity index (χ4v) is 1.79. The number of hydrogen-bond donors (Lipinski definition) is 0. The number of unbranched alkanes of at least 4 members (excludes halogenated alkanes) is 9. The third-order valence-electron chi connectivity index (χ3n) is 2.87. The summed E-state index contributed by atoms with van der Waals surface area (Å²) in [4.78, 5) is 0. The first-order valence-corrected chi connectivity index (χ1v) is 7.06. The normalized spacial score (nSPS) is 11.3. The summed E-state index contributed by atoms with van der Waals surface area (Å²) in [6.07, 6.45) is 20.0. The van der Waals surface area contributed by atoms with Crippen LogP contribution in [0.2, 0.25) is 0 Å². The predicted molar refractivity (Wildman–Crippen MR) is 71.3 cm³/mol. The summed E-state index contributed by atoms with van der Waals surface area (Å²) in [6.45, 7) is 4.54. The number of allylic oxidation sites excluding steroid dienone is 2. The summed E-state index contributed by atoms with van der Waals surface area (Å²) in [5.41, 5.74) is 0. The van der Waals surface area contributed by atoms with Gasteiger partial charge < -0.3 is 0 Å². The fourth-order valence-electron chi connectivity index (χ4n) is 1.79. The SMILES string of the molecule is CCCCCCC=CCCCCCCC. The maximum atomic E-state index is 2.39. The molecule has 0 fully saturated rings. The van der Waals surface area contributed by atoms with Gasteiger partial charge in [0.25, 0.3) is 0 Å². The Hall–Kier alpha value is -0.260. The second kappa shape index (κ2) is 13.7. The monoisotopic (exact) mass is 210 g/mol. The van der Waals surface area contributed by atoms with Crippen molar-refractivity contribution in [2.45, 2.75) is 84.5 Å². The van der Waals surface area contributed by atoms with Crippen molar-refractivity contribution in [3.63, 3.8) is 0 Å². The molecule has 0 spiro atoms. The van der Waals surface area contributed by atoms with Gasteiger partial charge in [-0.1, -0.05) is 70.9 Å². The molecule has 0 aromatic rings. The van der Waals surface area contributed by atoms with Gasteiger partial charge in [-0.2, -0.15) is 0 Å². The molecule has 0 aromatic heterocycles. The van der Waals surface area contributed by atoms with Crippen LogP contribution in [-0.2, 0) is 0 Å². The van der Waals surface area contributed by atoms with E-state index in [1.54, 1.807) is 0 Å². The highest BCUT2D eigenvalue weighted by Gasteiger charge is 1.87. The van der Waals surface area contributed by atoms with Crippen LogP contribution in [0.4, 0.5) is 0 Å². The van der Waals surface area contributed by atoms with Crippen molar-refractivity contribution in [1.29, 1.82) is 0 Å². The molecule has 0 rings (SSSR count). The Bertz CT molecular complexity index is 124. The smallest absolute Gasteiger partial charge is 0.0351 e. The summed E-state index contributed by atoms with van der Waals surface area (Å²) >= 11 is 0. The van der Waals surface area contributed by atoms with Gasteiger partial charge in [-0.15, -0.1) is 0 Å². The molecule has 0 heteroatoms. The van der Waals surface area contributed by atoms with Crippen molar-refractivity contribution in [1.82, 2.24) is 0 Å². The molecule has 0 aliphatic heterocycles. The summed E-state index contributed by atoms with van der Waals surface area (Å²) in [5.74, 6) is 0. The van der Waals surface area contributed by atoms with Gasteiger partial charge in [0.1, 0.15) is 0 Å². The lowest BCUT2D eigenvalue weighted by Crippen LogP contribution is -1.76. The molecule has 0 saturated carbocycles. The zero-order valence-electron chi connectivity index (χ0n) is 10.9. The van der Waals surface area contributed by atoms with Gasteiger partial charge in [0.15, 0.2) is 0 Å². The first-order valence-electron chi connectivity index (χ1n) is 7.06. The Balaban J connectivity index is 2.97. The Morgan fingerprint density at radius 1 is 0.533 bits per heavy atom. The van der Waals surface area contributed by atoms with E-state index in [9.17, 15) is 0 Å². The number of rotatable bonds is 11. The average molecular weight is 210 g/mol. The zero-order chi connectivity index (χ0) is 11.2. The van der Waals surface area contributed by atoms with E-state index in [4.69, 9.17) is 0 Å². The van der Waals surface area contributed by atoms with Crippen LogP contribution in [0.5, 0.6) is 0 Å². The van der Waals surface area contributed by atoms with Gasteiger partial charge in [-0.05, 0) is 25.7 Å². The molecule has 0 bridgehead atoms. The molecule has 0 atom stereocenters. The molecule has 0 heterocycles. The third kappa shape index (κ3) is 13.7. The van der Waals surface area contributed by atoms with Crippen molar-refractivity contribution in [3.05, 3.63) is 12.2 Å². The molecule has 0 saturated heterocycles. The van der Waals surface area contributed by atoms with Gasteiger partial charge in [0.05, 0.1) is 0 Å². The predicted octanol–water partition coefficient (Wildman–Crippen LogP) is 5.87. The summed E-state index contributed by atoms with van der Waals surface area (Å²) in [6, 6.07) is 0. The first-order chi connectivity index (χ1) is 7.41. The Morgan fingerprint density at radius 2 is 0.933 bits per heavy atom.